The molecule has 0 atom stereocenters. The van der Waals surface area contributed by atoms with Gasteiger partial charge in [-0.25, -0.2) is 0 Å². The lowest BCUT2D eigenvalue weighted by molar-refractivity contribution is 1.27. The summed E-state index contributed by atoms with van der Waals surface area (Å²) in [6, 6.07) is 117. The molecule has 0 aromatic heterocycles. The summed E-state index contributed by atoms with van der Waals surface area (Å²) in [5.41, 5.74) is 19.6. The third-order valence-electron chi connectivity index (χ3n) is 13.8. The van der Waals surface area contributed by atoms with Gasteiger partial charge in [0.1, 0.15) is 0 Å². The fourth-order valence-electron chi connectivity index (χ4n) is 10.3. The molecule has 0 unspecified atom stereocenters. The molecule has 12 aromatic carbocycles. The number of benzene rings is 12. The zero-order valence-corrected chi connectivity index (χ0v) is 42.0. The Balaban J connectivity index is 1.06. The normalized spacial score (nSPS) is 10.9. The predicted octanol–water partition coefficient (Wildman–Crippen LogP) is 20.6. The van der Waals surface area contributed by atoms with E-state index in [2.05, 4.69) is 347 Å². The topological polar surface area (TPSA) is 13.0 Å². The van der Waals surface area contributed by atoms with Crippen LogP contribution in [0.5, 0.6) is 0 Å². The Bertz CT molecular complexity index is 3360. The van der Waals surface area contributed by atoms with Gasteiger partial charge < -0.3 is 19.6 Å². The van der Waals surface area contributed by atoms with E-state index in [1.807, 2.05) is 0 Å². The van der Waals surface area contributed by atoms with Gasteiger partial charge in [-0.2, -0.15) is 0 Å². The molecule has 0 heterocycles. The van der Waals surface area contributed by atoms with E-state index in [0.717, 1.165) is 102 Å². The van der Waals surface area contributed by atoms with Crippen LogP contribution in [0.1, 0.15) is 0 Å². The van der Waals surface area contributed by atoms with Crippen molar-refractivity contribution in [3.05, 3.63) is 328 Å². The van der Waals surface area contributed by atoms with Gasteiger partial charge >= 0.3 is 0 Å². The van der Waals surface area contributed by atoms with E-state index in [0.29, 0.717) is 0 Å². The first-order valence-electron chi connectivity index (χ1n) is 25.8. The Kier molecular flexibility index (Phi) is 13.5. The Morgan fingerprint density at radius 3 is 0.513 bits per heavy atom. The molecule has 0 N–H and O–H groups in total. The van der Waals surface area contributed by atoms with Crippen molar-refractivity contribution in [1.82, 2.24) is 0 Å². The maximum Gasteiger partial charge on any atom is 0.0468 e. The predicted molar refractivity (Wildman–Crippen MR) is 321 cm³/mol. The second-order valence-corrected chi connectivity index (χ2v) is 18.6. The molecule has 0 fully saturated rings. The first kappa shape index (κ1) is 46.9. The summed E-state index contributed by atoms with van der Waals surface area (Å²) in [4.78, 5) is 9.33. The van der Waals surface area contributed by atoms with Gasteiger partial charge in [0.2, 0.25) is 0 Å². The summed E-state index contributed by atoms with van der Waals surface area (Å²) in [5, 5.41) is 0. The highest BCUT2D eigenvalue weighted by Gasteiger charge is 2.22. The standard InChI is InChI=1S/C72H54N4/c1-9-25-57(26-10-1)73(58-27-11-2-12-28-58)65-45-41-55(42-46-65)71-53-67(75(61-33-17-5-18-34-61)62-35-19-6-20-36-62)49-51-69(71)70-52-50-68(76(63-37-21-7-22-38-63)64-39-23-8-24-40-64)54-72(70)56-43-47-66(48-44-56)74(59-29-13-3-14-30-59)60-31-15-4-16-32-60/h1-54H. The zero-order valence-electron chi connectivity index (χ0n) is 42.0. The van der Waals surface area contributed by atoms with Crippen LogP contribution >= 0.6 is 0 Å². The number of anilines is 12. The molecule has 0 aliphatic carbocycles. The molecule has 4 nitrogen and oxygen atoms in total. The second kappa shape index (κ2) is 21.9. The number of nitrogens with zero attached hydrogens (tertiary/aromatic N) is 4. The highest BCUT2D eigenvalue weighted by Crippen LogP contribution is 2.47. The minimum absolute atomic E-state index is 1.05. The summed E-state index contributed by atoms with van der Waals surface area (Å²) < 4.78 is 0. The molecule has 0 bridgehead atoms. The smallest absolute Gasteiger partial charge is 0.0468 e. The van der Waals surface area contributed by atoms with Crippen LogP contribution in [-0.2, 0) is 0 Å². The quantitative estimate of drug-likeness (QED) is 0.101. The molecule has 12 aromatic rings. The second-order valence-electron chi connectivity index (χ2n) is 18.6. The van der Waals surface area contributed by atoms with E-state index < -0.39 is 0 Å². The lowest BCUT2D eigenvalue weighted by atomic mass is 9.88. The van der Waals surface area contributed by atoms with Crippen molar-refractivity contribution >= 4 is 68.2 Å². The first-order chi connectivity index (χ1) is 37.7. The highest BCUT2D eigenvalue weighted by atomic mass is 15.2. The monoisotopic (exact) mass is 974 g/mol. The van der Waals surface area contributed by atoms with Crippen LogP contribution in [0.2, 0.25) is 0 Å². The molecule has 4 heteroatoms. The van der Waals surface area contributed by atoms with Gasteiger partial charge in [0, 0.05) is 68.2 Å². The van der Waals surface area contributed by atoms with E-state index in [1.165, 1.54) is 0 Å². The van der Waals surface area contributed by atoms with Crippen LogP contribution in [0.3, 0.4) is 0 Å². The lowest BCUT2D eigenvalue weighted by Gasteiger charge is -2.28. The van der Waals surface area contributed by atoms with Crippen molar-refractivity contribution in [2.75, 3.05) is 19.6 Å². The third kappa shape index (κ3) is 9.87. The fourth-order valence-corrected chi connectivity index (χ4v) is 10.3. The summed E-state index contributed by atoms with van der Waals surface area (Å²) in [5.74, 6) is 0. The molecule has 0 spiro atoms. The zero-order chi connectivity index (χ0) is 50.9. The molecule has 76 heavy (non-hydrogen) atoms. The minimum Gasteiger partial charge on any atom is -0.311 e. The highest BCUT2D eigenvalue weighted by molar-refractivity contribution is 5.97. The van der Waals surface area contributed by atoms with Gasteiger partial charge in [-0.15, -0.1) is 0 Å². The van der Waals surface area contributed by atoms with Crippen LogP contribution in [0.4, 0.5) is 68.2 Å². The Morgan fingerprint density at radius 2 is 0.303 bits per heavy atom. The maximum absolute atomic E-state index is 2.37. The molecular weight excluding hydrogens is 921 g/mol. The largest absolute Gasteiger partial charge is 0.311 e. The summed E-state index contributed by atoms with van der Waals surface area (Å²) in [6.45, 7) is 0. The lowest BCUT2D eigenvalue weighted by Crippen LogP contribution is -2.11. The molecule has 12 rings (SSSR count). The van der Waals surface area contributed by atoms with Gasteiger partial charge in [-0.05, 0) is 179 Å². The van der Waals surface area contributed by atoms with Gasteiger partial charge in [-0.3, -0.25) is 0 Å². The molecule has 0 aliphatic heterocycles. The van der Waals surface area contributed by atoms with Crippen molar-refractivity contribution in [3.63, 3.8) is 0 Å². The van der Waals surface area contributed by atoms with Gasteiger partial charge in [-0.1, -0.05) is 182 Å². The van der Waals surface area contributed by atoms with E-state index in [1.54, 1.807) is 0 Å². The van der Waals surface area contributed by atoms with Crippen LogP contribution < -0.4 is 19.6 Å². The van der Waals surface area contributed by atoms with Crippen LogP contribution in [0.15, 0.2) is 328 Å². The van der Waals surface area contributed by atoms with E-state index >= 15 is 0 Å². The van der Waals surface area contributed by atoms with Gasteiger partial charge in [0.05, 0.1) is 0 Å². The Morgan fingerprint density at radius 1 is 0.132 bits per heavy atom. The third-order valence-corrected chi connectivity index (χ3v) is 13.8. The van der Waals surface area contributed by atoms with Crippen molar-refractivity contribution < 1.29 is 0 Å². The number of para-hydroxylation sites is 8. The van der Waals surface area contributed by atoms with Crippen LogP contribution in [0.25, 0.3) is 33.4 Å². The summed E-state index contributed by atoms with van der Waals surface area (Å²) in [7, 11) is 0. The number of hydrogen-bond acceptors (Lipinski definition) is 4. The van der Waals surface area contributed by atoms with Gasteiger partial charge in [0.15, 0.2) is 0 Å². The molecule has 0 aliphatic rings. The molecule has 0 radical (unpaired) electrons. The van der Waals surface area contributed by atoms with Crippen molar-refractivity contribution in [2.45, 2.75) is 0 Å². The average molecular weight is 975 g/mol. The molecule has 0 saturated carbocycles. The van der Waals surface area contributed by atoms with Gasteiger partial charge in [0.25, 0.3) is 0 Å². The van der Waals surface area contributed by atoms with Crippen molar-refractivity contribution in [2.24, 2.45) is 0 Å². The fraction of sp³-hybridized carbons (Fsp3) is 0. The summed E-state index contributed by atoms with van der Waals surface area (Å²) in [6.07, 6.45) is 0. The Hall–Kier alpha value is -10.2. The van der Waals surface area contributed by atoms with E-state index in [4.69, 9.17) is 0 Å². The van der Waals surface area contributed by atoms with E-state index in [9.17, 15) is 0 Å². The first-order valence-corrected chi connectivity index (χ1v) is 25.8. The van der Waals surface area contributed by atoms with Crippen molar-refractivity contribution in [1.29, 1.82) is 0 Å². The minimum atomic E-state index is 1.05. The van der Waals surface area contributed by atoms with Crippen LogP contribution in [0, 0.1) is 0 Å². The molecular formula is C72H54N4. The summed E-state index contributed by atoms with van der Waals surface area (Å²) >= 11 is 0. The molecule has 362 valence electrons. The van der Waals surface area contributed by atoms with E-state index in [-0.39, 0.29) is 0 Å². The number of rotatable bonds is 15. The average Bonchev–Trinajstić information content (AvgIpc) is 3.50. The Labute approximate surface area is 446 Å². The molecule has 0 saturated heterocycles. The molecule has 0 amide bonds. The number of hydrogen-bond donors (Lipinski definition) is 0. The van der Waals surface area contributed by atoms with Crippen molar-refractivity contribution in [3.8, 4) is 33.4 Å². The SMILES string of the molecule is c1ccc(N(c2ccccc2)c2ccc(-c3cc(N(c4ccccc4)c4ccccc4)ccc3-c3ccc(N(c4ccccc4)c4ccccc4)cc3-c3ccc(N(c4ccccc4)c4ccccc4)cc3)cc2)cc1. The van der Waals surface area contributed by atoms with Crippen LogP contribution in [-0.4, -0.2) is 0 Å². The maximum atomic E-state index is 2.37.